The standard InChI is InChI=1S/C12H9IN4S/c13-7-2-1-3-8(6-7)15-10-9-4-5-18-11(9)17-12(14)16-10/h1-6H,(H3,14,15,16,17). The summed E-state index contributed by atoms with van der Waals surface area (Å²) in [5.41, 5.74) is 6.70. The van der Waals surface area contributed by atoms with Crippen LogP contribution in [0.15, 0.2) is 35.7 Å². The molecule has 0 amide bonds. The average molecular weight is 368 g/mol. The molecular weight excluding hydrogens is 359 g/mol. The lowest BCUT2D eigenvalue weighted by Gasteiger charge is -2.07. The fourth-order valence-corrected chi connectivity index (χ4v) is 2.98. The fraction of sp³-hybridized carbons (Fsp3) is 0. The Balaban J connectivity index is 2.06. The summed E-state index contributed by atoms with van der Waals surface area (Å²) < 4.78 is 1.17. The number of fused-ring (bicyclic) bond motifs is 1. The van der Waals surface area contributed by atoms with Crippen LogP contribution in [-0.2, 0) is 0 Å². The number of hydrogen-bond donors (Lipinski definition) is 2. The third kappa shape index (κ3) is 2.25. The minimum Gasteiger partial charge on any atom is -0.368 e. The summed E-state index contributed by atoms with van der Waals surface area (Å²) in [4.78, 5) is 9.36. The number of halogens is 1. The SMILES string of the molecule is Nc1nc(Nc2cccc(I)c2)c2ccsc2n1. The maximum Gasteiger partial charge on any atom is 0.223 e. The van der Waals surface area contributed by atoms with E-state index in [-0.39, 0.29) is 5.95 Å². The van der Waals surface area contributed by atoms with Crippen LogP contribution < -0.4 is 11.1 Å². The molecule has 3 aromatic rings. The summed E-state index contributed by atoms with van der Waals surface area (Å²) in [6.07, 6.45) is 0. The molecule has 0 radical (unpaired) electrons. The molecule has 18 heavy (non-hydrogen) atoms. The molecule has 90 valence electrons. The highest BCUT2D eigenvalue weighted by Gasteiger charge is 2.07. The number of nitrogens with one attached hydrogen (secondary N) is 1. The second-order valence-corrected chi connectivity index (χ2v) is 5.85. The third-order valence-electron chi connectivity index (χ3n) is 2.43. The molecule has 4 nitrogen and oxygen atoms in total. The molecule has 3 rings (SSSR count). The number of nitrogen functional groups attached to an aromatic ring is 1. The molecule has 0 aliphatic rings. The largest absolute Gasteiger partial charge is 0.368 e. The summed E-state index contributed by atoms with van der Waals surface area (Å²) in [5, 5.41) is 6.26. The molecular formula is C12H9IN4S. The maximum absolute atomic E-state index is 5.71. The first-order valence-corrected chi connectivity index (χ1v) is 7.21. The number of nitrogens with zero attached hydrogens (tertiary/aromatic N) is 2. The van der Waals surface area contributed by atoms with Gasteiger partial charge in [-0.25, -0.2) is 4.98 Å². The zero-order valence-corrected chi connectivity index (χ0v) is 12.2. The minimum atomic E-state index is 0.290. The van der Waals surface area contributed by atoms with Gasteiger partial charge in [-0.1, -0.05) is 6.07 Å². The fourth-order valence-electron chi connectivity index (χ4n) is 1.67. The van der Waals surface area contributed by atoms with Crippen molar-refractivity contribution in [1.82, 2.24) is 9.97 Å². The van der Waals surface area contributed by atoms with E-state index in [1.165, 1.54) is 3.57 Å². The minimum absolute atomic E-state index is 0.290. The number of anilines is 3. The van der Waals surface area contributed by atoms with Crippen molar-refractivity contribution in [2.45, 2.75) is 0 Å². The maximum atomic E-state index is 5.71. The number of thiophene rings is 1. The van der Waals surface area contributed by atoms with Crippen LogP contribution in [-0.4, -0.2) is 9.97 Å². The van der Waals surface area contributed by atoms with Crippen LogP contribution in [0.25, 0.3) is 10.2 Å². The summed E-state index contributed by atoms with van der Waals surface area (Å²) in [5.74, 6) is 1.04. The highest BCUT2D eigenvalue weighted by molar-refractivity contribution is 14.1. The van der Waals surface area contributed by atoms with Gasteiger partial charge in [-0.05, 0) is 52.2 Å². The van der Waals surface area contributed by atoms with Crippen LogP contribution >= 0.6 is 33.9 Å². The Morgan fingerprint density at radius 1 is 1.22 bits per heavy atom. The molecule has 0 saturated carbocycles. The topological polar surface area (TPSA) is 63.8 Å². The van der Waals surface area contributed by atoms with Gasteiger partial charge in [0.25, 0.3) is 0 Å². The lowest BCUT2D eigenvalue weighted by atomic mass is 10.3. The number of rotatable bonds is 2. The molecule has 0 bridgehead atoms. The molecule has 0 atom stereocenters. The predicted molar refractivity (Wildman–Crippen MR) is 84.3 cm³/mol. The van der Waals surface area contributed by atoms with E-state index < -0.39 is 0 Å². The van der Waals surface area contributed by atoms with Crippen molar-refractivity contribution >= 4 is 61.6 Å². The van der Waals surface area contributed by atoms with Crippen LogP contribution in [0.5, 0.6) is 0 Å². The van der Waals surface area contributed by atoms with Gasteiger partial charge in [-0.15, -0.1) is 11.3 Å². The van der Waals surface area contributed by atoms with Crippen molar-refractivity contribution in [2.75, 3.05) is 11.1 Å². The van der Waals surface area contributed by atoms with Crippen LogP contribution in [0, 0.1) is 3.57 Å². The first-order valence-electron chi connectivity index (χ1n) is 5.26. The Morgan fingerprint density at radius 3 is 2.94 bits per heavy atom. The van der Waals surface area contributed by atoms with E-state index in [0.717, 1.165) is 21.7 Å². The van der Waals surface area contributed by atoms with E-state index in [1.54, 1.807) is 11.3 Å². The van der Waals surface area contributed by atoms with Crippen LogP contribution in [0.4, 0.5) is 17.5 Å². The Morgan fingerprint density at radius 2 is 2.11 bits per heavy atom. The lowest BCUT2D eigenvalue weighted by Crippen LogP contribution is -2.00. The van der Waals surface area contributed by atoms with Gasteiger partial charge in [-0.3, -0.25) is 0 Å². The summed E-state index contributed by atoms with van der Waals surface area (Å²) in [6.45, 7) is 0. The molecule has 0 fully saturated rings. The zero-order chi connectivity index (χ0) is 12.5. The third-order valence-corrected chi connectivity index (χ3v) is 3.91. The van der Waals surface area contributed by atoms with Crippen LogP contribution in [0.1, 0.15) is 0 Å². The highest BCUT2D eigenvalue weighted by Crippen LogP contribution is 2.28. The second kappa shape index (κ2) is 4.69. The Kier molecular flexibility index (Phi) is 3.04. The second-order valence-electron chi connectivity index (χ2n) is 3.71. The smallest absolute Gasteiger partial charge is 0.223 e. The molecule has 2 heterocycles. The van der Waals surface area contributed by atoms with Gasteiger partial charge in [0.1, 0.15) is 10.6 Å². The highest BCUT2D eigenvalue weighted by atomic mass is 127. The number of aromatic nitrogens is 2. The number of nitrogens with two attached hydrogens (primary N) is 1. The molecule has 0 aliphatic heterocycles. The van der Waals surface area contributed by atoms with E-state index in [1.807, 2.05) is 29.6 Å². The summed E-state index contributed by atoms with van der Waals surface area (Å²) >= 11 is 3.83. The van der Waals surface area contributed by atoms with E-state index in [9.17, 15) is 0 Å². The Hall–Kier alpha value is -1.41. The first-order chi connectivity index (χ1) is 8.72. The van der Waals surface area contributed by atoms with Crippen molar-refractivity contribution in [1.29, 1.82) is 0 Å². The van der Waals surface area contributed by atoms with Crippen molar-refractivity contribution in [3.05, 3.63) is 39.3 Å². The van der Waals surface area contributed by atoms with Gasteiger partial charge in [0.2, 0.25) is 5.95 Å². The Labute approximate surface area is 121 Å². The molecule has 6 heteroatoms. The quantitative estimate of drug-likeness (QED) is 0.679. The van der Waals surface area contributed by atoms with Crippen molar-refractivity contribution in [3.63, 3.8) is 0 Å². The van der Waals surface area contributed by atoms with E-state index in [4.69, 9.17) is 5.73 Å². The first kappa shape index (κ1) is 11.7. The van der Waals surface area contributed by atoms with E-state index in [0.29, 0.717) is 0 Å². The molecule has 0 spiro atoms. The molecule has 2 aromatic heterocycles. The molecule has 0 unspecified atom stereocenters. The molecule has 3 N–H and O–H groups in total. The van der Waals surface area contributed by atoms with Gasteiger partial charge in [0.15, 0.2) is 0 Å². The molecule has 0 aliphatic carbocycles. The number of benzene rings is 1. The molecule has 1 aromatic carbocycles. The van der Waals surface area contributed by atoms with Crippen molar-refractivity contribution in [2.24, 2.45) is 0 Å². The monoisotopic (exact) mass is 368 g/mol. The zero-order valence-electron chi connectivity index (χ0n) is 9.22. The van der Waals surface area contributed by atoms with Gasteiger partial charge in [0, 0.05) is 9.26 Å². The van der Waals surface area contributed by atoms with Crippen LogP contribution in [0.3, 0.4) is 0 Å². The van der Waals surface area contributed by atoms with Crippen LogP contribution in [0.2, 0.25) is 0 Å². The van der Waals surface area contributed by atoms with Gasteiger partial charge >= 0.3 is 0 Å². The van der Waals surface area contributed by atoms with E-state index >= 15 is 0 Å². The summed E-state index contributed by atoms with van der Waals surface area (Å²) in [6, 6.07) is 10.1. The van der Waals surface area contributed by atoms with Gasteiger partial charge in [0.05, 0.1) is 5.39 Å². The van der Waals surface area contributed by atoms with Crippen molar-refractivity contribution in [3.8, 4) is 0 Å². The predicted octanol–water partition coefficient (Wildman–Crippen LogP) is 3.62. The van der Waals surface area contributed by atoms with Gasteiger partial charge in [-0.2, -0.15) is 4.98 Å². The Bertz CT molecular complexity index is 710. The normalized spacial score (nSPS) is 10.7. The number of hydrogen-bond acceptors (Lipinski definition) is 5. The molecule has 0 saturated heterocycles. The average Bonchev–Trinajstić information content (AvgIpc) is 2.77. The van der Waals surface area contributed by atoms with E-state index in [2.05, 4.69) is 43.9 Å². The van der Waals surface area contributed by atoms with Gasteiger partial charge < -0.3 is 11.1 Å². The van der Waals surface area contributed by atoms with Crippen molar-refractivity contribution < 1.29 is 0 Å². The lowest BCUT2D eigenvalue weighted by molar-refractivity contribution is 1.24. The summed E-state index contributed by atoms with van der Waals surface area (Å²) in [7, 11) is 0.